The fourth-order valence-electron chi connectivity index (χ4n) is 4.93. The number of nitrogens with one attached hydrogen (secondary N) is 1. The number of carbonyl (C=O) groups excluding carboxylic acids is 1. The molecule has 1 aliphatic heterocycles. The van der Waals surface area contributed by atoms with E-state index in [0.29, 0.717) is 23.7 Å². The molecular formula is C22H29N5O. The molecule has 1 amide bonds. The third-order valence-corrected chi connectivity index (χ3v) is 7.05. The third kappa shape index (κ3) is 3.58. The predicted octanol–water partition coefficient (Wildman–Crippen LogP) is 3.04. The summed E-state index contributed by atoms with van der Waals surface area (Å²) in [4.78, 5) is 15.1. The standard InChI is InChI=1S/C22H29N5O/c28-21(23-14-17-4-2-1-3-5-17)19-16-27(25-24-19)20-8-9-22(20)10-12-26(13-11-22)15-18-6-7-18/h1-5,16,18,20H,6-15H2,(H,23,28). The molecule has 2 aromatic rings. The van der Waals surface area contributed by atoms with Crippen molar-refractivity contribution in [1.29, 1.82) is 0 Å². The van der Waals surface area contributed by atoms with Crippen LogP contribution in [0.15, 0.2) is 36.5 Å². The molecule has 6 nitrogen and oxygen atoms in total. The van der Waals surface area contributed by atoms with Gasteiger partial charge >= 0.3 is 0 Å². The second kappa shape index (κ2) is 7.32. The van der Waals surface area contributed by atoms with E-state index in [1.165, 1.54) is 51.7 Å². The van der Waals surface area contributed by atoms with Crippen LogP contribution in [-0.4, -0.2) is 45.4 Å². The second-order valence-electron chi connectivity index (χ2n) is 8.91. The largest absolute Gasteiger partial charge is 0.347 e. The van der Waals surface area contributed by atoms with Crippen molar-refractivity contribution >= 4 is 5.91 Å². The summed E-state index contributed by atoms with van der Waals surface area (Å²) in [6, 6.07) is 10.3. The summed E-state index contributed by atoms with van der Waals surface area (Å²) >= 11 is 0. The Balaban J connectivity index is 1.18. The Morgan fingerprint density at radius 1 is 1.11 bits per heavy atom. The molecule has 1 N–H and O–H groups in total. The fraction of sp³-hybridized carbons (Fsp3) is 0.591. The number of hydrogen-bond donors (Lipinski definition) is 1. The molecule has 6 heteroatoms. The third-order valence-electron chi connectivity index (χ3n) is 7.05. The normalized spacial score (nSPS) is 24.1. The van der Waals surface area contributed by atoms with Crippen LogP contribution in [0.25, 0.3) is 0 Å². The minimum absolute atomic E-state index is 0.150. The van der Waals surface area contributed by atoms with Crippen LogP contribution >= 0.6 is 0 Å². The molecule has 1 unspecified atom stereocenters. The minimum atomic E-state index is -0.150. The molecule has 1 atom stereocenters. The highest BCUT2D eigenvalue weighted by Gasteiger charge is 2.50. The molecule has 1 aromatic heterocycles. The van der Waals surface area contributed by atoms with E-state index in [1.807, 2.05) is 41.2 Å². The van der Waals surface area contributed by atoms with Crippen molar-refractivity contribution in [2.75, 3.05) is 19.6 Å². The van der Waals surface area contributed by atoms with E-state index >= 15 is 0 Å². The molecule has 28 heavy (non-hydrogen) atoms. The zero-order valence-electron chi connectivity index (χ0n) is 16.4. The summed E-state index contributed by atoms with van der Waals surface area (Å²) in [6.45, 7) is 4.24. The highest BCUT2D eigenvalue weighted by atomic mass is 16.2. The first-order valence-corrected chi connectivity index (χ1v) is 10.7. The lowest BCUT2D eigenvalue weighted by molar-refractivity contribution is -0.0324. The number of carbonyl (C=O) groups is 1. The van der Waals surface area contributed by atoms with Crippen LogP contribution in [-0.2, 0) is 6.54 Å². The maximum Gasteiger partial charge on any atom is 0.273 e. The Morgan fingerprint density at radius 3 is 2.57 bits per heavy atom. The number of likely N-dealkylation sites (tertiary alicyclic amines) is 1. The summed E-state index contributed by atoms with van der Waals surface area (Å²) in [5, 5.41) is 11.4. The minimum Gasteiger partial charge on any atom is -0.347 e. The number of piperidine rings is 1. The summed E-state index contributed by atoms with van der Waals surface area (Å²) < 4.78 is 1.97. The van der Waals surface area contributed by atoms with Gasteiger partial charge in [-0.05, 0) is 68.5 Å². The number of hydrogen-bond acceptors (Lipinski definition) is 4. The lowest BCUT2D eigenvalue weighted by Crippen LogP contribution is -2.50. The molecule has 148 valence electrons. The van der Waals surface area contributed by atoms with E-state index < -0.39 is 0 Å². The van der Waals surface area contributed by atoms with Gasteiger partial charge in [-0.15, -0.1) is 5.10 Å². The van der Waals surface area contributed by atoms with Gasteiger partial charge in [0.1, 0.15) is 0 Å². The van der Waals surface area contributed by atoms with Gasteiger partial charge in [0.25, 0.3) is 5.91 Å². The van der Waals surface area contributed by atoms with Crippen molar-refractivity contribution in [3.63, 3.8) is 0 Å². The SMILES string of the molecule is O=C(NCc1ccccc1)c1cn(C2CCC23CCN(CC2CC2)CC3)nn1. The first-order chi connectivity index (χ1) is 13.7. The van der Waals surface area contributed by atoms with Gasteiger partial charge in [0, 0.05) is 13.1 Å². The molecule has 5 rings (SSSR count). The number of rotatable bonds is 6. The molecule has 1 saturated heterocycles. The van der Waals surface area contributed by atoms with Gasteiger partial charge < -0.3 is 10.2 Å². The van der Waals surface area contributed by atoms with Crippen molar-refractivity contribution in [3.05, 3.63) is 47.8 Å². The number of aromatic nitrogens is 3. The number of nitrogens with zero attached hydrogens (tertiary/aromatic N) is 4. The Hall–Kier alpha value is -2.21. The Bertz CT molecular complexity index is 820. The van der Waals surface area contributed by atoms with E-state index in [4.69, 9.17) is 0 Å². The van der Waals surface area contributed by atoms with E-state index in [0.717, 1.165) is 17.9 Å². The van der Waals surface area contributed by atoms with Gasteiger partial charge in [-0.2, -0.15) is 0 Å². The molecule has 2 saturated carbocycles. The smallest absolute Gasteiger partial charge is 0.273 e. The molecular weight excluding hydrogens is 350 g/mol. The first-order valence-electron chi connectivity index (χ1n) is 10.7. The highest BCUT2D eigenvalue weighted by molar-refractivity contribution is 5.91. The van der Waals surface area contributed by atoms with Gasteiger partial charge in [-0.3, -0.25) is 4.79 Å². The van der Waals surface area contributed by atoms with Crippen molar-refractivity contribution in [3.8, 4) is 0 Å². The van der Waals surface area contributed by atoms with Crippen molar-refractivity contribution in [2.45, 2.75) is 51.1 Å². The summed E-state index contributed by atoms with van der Waals surface area (Å²) in [5.41, 5.74) is 1.87. The second-order valence-corrected chi connectivity index (χ2v) is 8.91. The fourth-order valence-corrected chi connectivity index (χ4v) is 4.93. The lowest BCUT2D eigenvalue weighted by Gasteiger charge is -2.53. The first kappa shape index (κ1) is 17.9. The zero-order valence-corrected chi connectivity index (χ0v) is 16.4. The lowest BCUT2D eigenvalue weighted by atomic mass is 9.59. The van der Waals surface area contributed by atoms with Crippen molar-refractivity contribution in [2.24, 2.45) is 11.3 Å². The Morgan fingerprint density at radius 2 is 1.89 bits per heavy atom. The molecule has 2 heterocycles. The highest BCUT2D eigenvalue weighted by Crippen LogP contribution is 2.56. The van der Waals surface area contributed by atoms with Gasteiger partial charge in [0.2, 0.25) is 0 Å². The molecule has 0 bridgehead atoms. The van der Waals surface area contributed by atoms with E-state index in [9.17, 15) is 4.79 Å². The monoisotopic (exact) mass is 379 g/mol. The average Bonchev–Trinajstić information content (AvgIpc) is 3.41. The van der Waals surface area contributed by atoms with Crippen LogP contribution in [0.4, 0.5) is 0 Å². The Kier molecular flexibility index (Phi) is 4.67. The zero-order chi connectivity index (χ0) is 19.0. The number of amides is 1. The van der Waals surface area contributed by atoms with Gasteiger partial charge in [0.05, 0.1) is 12.2 Å². The van der Waals surface area contributed by atoms with Gasteiger partial charge in [-0.1, -0.05) is 35.5 Å². The van der Waals surface area contributed by atoms with Crippen LogP contribution in [0.5, 0.6) is 0 Å². The Labute approximate surface area is 166 Å². The van der Waals surface area contributed by atoms with Crippen LogP contribution in [0, 0.1) is 11.3 Å². The van der Waals surface area contributed by atoms with Crippen LogP contribution in [0.2, 0.25) is 0 Å². The van der Waals surface area contributed by atoms with Gasteiger partial charge in [-0.25, -0.2) is 4.68 Å². The quantitative estimate of drug-likeness (QED) is 0.838. The van der Waals surface area contributed by atoms with Crippen molar-refractivity contribution in [1.82, 2.24) is 25.2 Å². The van der Waals surface area contributed by atoms with Crippen LogP contribution < -0.4 is 5.32 Å². The average molecular weight is 380 g/mol. The van der Waals surface area contributed by atoms with E-state index in [1.54, 1.807) is 0 Å². The van der Waals surface area contributed by atoms with Crippen LogP contribution in [0.1, 0.15) is 60.6 Å². The maximum atomic E-state index is 12.4. The topological polar surface area (TPSA) is 63.1 Å². The molecule has 0 radical (unpaired) electrons. The summed E-state index contributed by atoms with van der Waals surface area (Å²) in [6.07, 6.45) is 9.64. The van der Waals surface area contributed by atoms with Crippen molar-refractivity contribution < 1.29 is 4.79 Å². The maximum absolute atomic E-state index is 12.4. The summed E-state index contributed by atoms with van der Waals surface area (Å²) in [7, 11) is 0. The number of benzene rings is 1. The molecule has 3 fully saturated rings. The van der Waals surface area contributed by atoms with E-state index in [-0.39, 0.29) is 5.91 Å². The molecule has 2 aliphatic carbocycles. The summed E-state index contributed by atoms with van der Waals surface area (Å²) in [5.74, 6) is 0.821. The predicted molar refractivity (Wildman–Crippen MR) is 107 cm³/mol. The molecule has 1 aromatic carbocycles. The molecule has 1 spiro atoms. The van der Waals surface area contributed by atoms with Crippen LogP contribution in [0.3, 0.4) is 0 Å². The van der Waals surface area contributed by atoms with Gasteiger partial charge in [0.15, 0.2) is 5.69 Å². The van der Waals surface area contributed by atoms with E-state index in [2.05, 4.69) is 20.5 Å². The molecule has 3 aliphatic rings.